The van der Waals surface area contributed by atoms with Crippen LogP contribution in [-0.2, 0) is 13.0 Å². The van der Waals surface area contributed by atoms with Crippen molar-refractivity contribution < 1.29 is 9.72 Å². The monoisotopic (exact) mass is 259 g/mol. The molecule has 0 N–H and O–H groups in total. The lowest BCUT2D eigenvalue weighted by Gasteiger charge is -2.01. The number of aromatic nitrogens is 2. The highest BCUT2D eigenvalue weighted by Gasteiger charge is 2.14. The van der Waals surface area contributed by atoms with Gasteiger partial charge >= 0.3 is 5.82 Å². The average Bonchev–Trinajstić information content (AvgIpc) is 2.87. The molecule has 0 unspecified atom stereocenters. The van der Waals surface area contributed by atoms with E-state index >= 15 is 0 Å². The van der Waals surface area contributed by atoms with Gasteiger partial charge in [-0.15, -0.1) is 0 Å². The predicted molar refractivity (Wildman–Crippen MR) is 69.0 cm³/mol. The number of Topliss-reactive ketones (excluding diaryl/α,β-unsaturated/α-hetero) is 1. The summed E-state index contributed by atoms with van der Waals surface area (Å²) >= 11 is 0. The second-order valence-corrected chi connectivity index (χ2v) is 4.10. The Morgan fingerprint density at radius 2 is 2.00 bits per heavy atom. The van der Waals surface area contributed by atoms with Gasteiger partial charge in [0.1, 0.15) is 6.54 Å². The van der Waals surface area contributed by atoms with Crippen molar-refractivity contribution in [3.63, 3.8) is 0 Å². The van der Waals surface area contributed by atoms with Gasteiger partial charge in [0.2, 0.25) is 0 Å². The van der Waals surface area contributed by atoms with Crippen LogP contribution < -0.4 is 0 Å². The number of nitrogens with zero attached hydrogens (tertiary/aromatic N) is 3. The van der Waals surface area contributed by atoms with E-state index in [1.165, 1.54) is 16.9 Å². The molecule has 6 heteroatoms. The molecule has 6 nitrogen and oxygen atoms in total. The average molecular weight is 259 g/mol. The van der Waals surface area contributed by atoms with Crippen molar-refractivity contribution >= 4 is 11.6 Å². The van der Waals surface area contributed by atoms with E-state index in [2.05, 4.69) is 5.10 Å². The summed E-state index contributed by atoms with van der Waals surface area (Å²) in [6.45, 7) is 2.04. The maximum Gasteiger partial charge on any atom is 0.389 e. The van der Waals surface area contributed by atoms with Gasteiger partial charge in [0.25, 0.3) is 0 Å². The Hall–Kier alpha value is -2.50. The zero-order valence-electron chi connectivity index (χ0n) is 10.4. The predicted octanol–water partition coefficient (Wildman–Crippen LogP) is 2.24. The fourth-order valence-corrected chi connectivity index (χ4v) is 1.70. The van der Waals surface area contributed by atoms with Crippen molar-refractivity contribution in [3.05, 3.63) is 57.8 Å². The van der Waals surface area contributed by atoms with Crippen LogP contribution in [0.5, 0.6) is 0 Å². The van der Waals surface area contributed by atoms with E-state index in [4.69, 9.17) is 0 Å². The molecule has 0 saturated heterocycles. The molecule has 19 heavy (non-hydrogen) atoms. The van der Waals surface area contributed by atoms with Crippen LogP contribution in [0.2, 0.25) is 0 Å². The highest BCUT2D eigenvalue weighted by Crippen LogP contribution is 2.09. The van der Waals surface area contributed by atoms with Gasteiger partial charge in [0.15, 0.2) is 5.78 Å². The fraction of sp³-hybridized carbons (Fsp3) is 0.231. The molecule has 2 aromatic rings. The van der Waals surface area contributed by atoms with E-state index in [0.717, 1.165) is 12.0 Å². The van der Waals surface area contributed by atoms with Crippen LogP contribution in [0.1, 0.15) is 22.8 Å². The number of hydrogen-bond acceptors (Lipinski definition) is 4. The van der Waals surface area contributed by atoms with Crippen molar-refractivity contribution in [1.82, 2.24) is 9.78 Å². The molecule has 0 saturated carbocycles. The molecule has 0 bridgehead atoms. The normalized spacial score (nSPS) is 10.4. The van der Waals surface area contributed by atoms with Crippen LogP contribution in [0.3, 0.4) is 0 Å². The molecule has 0 fully saturated rings. The highest BCUT2D eigenvalue weighted by atomic mass is 16.6. The van der Waals surface area contributed by atoms with E-state index in [0.29, 0.717) is 5.56 Å². The van der Waals surface area contributed by atoms with Gasteiger partial charge in [-0.3, -0.25) is 4.79 Å². The Labute approximate surface area is 109 Å². The molecular weight excluding hydrogens is 246 g/mol. The number of aryl methyl sites for hydroxylation is 1. The zero-order valence-corrected chi connectivity index (χ0v) is 10.4. The number of benzene rings is 1. The van der Waals surface area contributed by atoms with Gasteiger partial charge in [0.05, 0.1) is 17.4 Å². The lowest BCUT2D eigenvalue weighted by molar-refractivity contribution is -0.389. The summed E-state index contributed by atoms with van der Waals surface area (Å²) < 4.78 is 1.27. The first-order valence-corrected chi connectivity index (χ1v) is 5.90. The molecule has 0 aliphatic carbocycles. The summed E-state index contributed by atoms with van der Waals surface area (Å²) in [6.07, 6.45) is 2.34. The Morgan fingerprint density at radius 3 is 2.53 bits per heavy atom. The molecule has 0 spiro atoms. The van der Waals surface area contributed by atoms with Gasteiger partial charge < -0.3 is 10.1 Å². The minimum atomic E-state index is -0.586. The molecule has 1 aromatic heterocycles. The SMILES string of the molecule is CCc1ccc(C(=O)Cn2ccc([N+](=O)[O-])n2)cc1. The lowest BCUT2D eigenvalue weighted by Crippen LogP contribution is -2.11. The summed E-state index contributed by atoms with van der Waals surface area (Å²) in [7, 11) is 0. The van der Waals surface area contributed by atoms with Crippen molar-refractivity contribution in [3.8, 4) is 0 Å². The first kappa shape index (κ1) is 12.9. The molecule has 0 amide bonds. The fourth-order valence-electron chi connectivity index (χ4n) is 1.70. The summed E-state index contributed by atoms with van der Waals surface area (Å²) in [6, 6.07) is 8.60. The van der Waals surface area contributed by atoms with Crippen LogP contribution in [0, 0.1) is 10.1 Å². The molecule has 1 aromatic carbocycles. The Balaban J connectivity index is 2.08. The van der Waals surface area contributed by atoms with Crippen molar-refractivity contribution in [2.45, 2.75) is 19.9 Å². The van der Waals surface area contributed by atoms with Crippen LogP contribution >= 0.6 is 0 Å². The highest BCUT2D eigenvalue weighted by molar-refractivity contribution is 5.95. The second-order valence-electron chi connectivity index (χ2n) is 4.10. The maximum atomic E-state index is 12.0. The smallest absolute Gasteiger partial charge is 0.358 e. The van der Waals surface area contributed by atoms with E-state index in [1.54, 1.807) is 12.1 Å². The van der Waals surface area contributed by atoms with Gasteiger partial charge in [-0.1, -0.05) is 31.2 Å². The zero-order chi connectivity index (χ0) is 13.8. The molecule has 0 radical (unpaired) electrons. The number of carbonyl (C=O) groups is 1. The minimum Gasteiger partial charge on any atom is -0.358 e. The molecule has 98 valence electrons. The summed E-state index contributed by atoms with van der Waals surface area (Å²) in [5, 5.41) is 14.2. The standard InChI is InChI=1S/C13H13N3O3/c1-2-10-3-5-11(6-4-10)12(17)9-15-8-7-13(14-15)16(18)19/h3-8H,2,9H2,1H3. The molecule has 0 aliphatic rings. The molecule has 1 heterocycles. The minimum absolute atomic E-state index is 0.000683. The van der Waals surface area contributed by atoms with Gasteiger partial charge in [-0.2, -0.15) is 4.68 Å². The molecular formula is C13H13N3O3. The quantitative estimate of drug-likeness (QED) is 0.468. The number of rotatable bonds is 5. The van der Waals surface area contributed by atoms with Gasteiger partial charge in [-0.05, 0) is 16.9 Å². The van der Waals surface area contributed by atoms with Crippen molar-refractivity contribution in [2.24, 2.45) is 0 Å². The third-order valence-corrected chi connectivity index (χ3v) is 2.80. The Morgan fingerprint density at radius 1 is 1.32 bits per heavy atom. The molecule has 0 aliphatic heterocycles. The van der Waals surface area contributed by atoms with Crippen LogP contribution in [0.15, 0.2) is 36.5 Å². The first-order chi connectivity index (χ1) is 9.10. The van der Waals surface area contributed by atoms with Crippen molar-refractivity contribution in [2.75, 3.05) is 0 Å². The first-order valence-electron chi connectivity index (χ1n) is 5.90. The van der Waals surface area contributed by atoms with E-state index in [1.807, 2.05) is 19.1 Å². The number of carbonyl (C=O) groups excluding carboxylic acids is 1. The third-order valence-electron chi connectivity index (χ3n) is 2.80. The van der Waals surface area contributed by atoms with Crippen LogP contribution in [-0.4, -0.2) is 20.5 Å². The van der Waals surface area contributed by atoms with E-state index in [-0.39, 0.29) is 18.1 Å². The summed E-state index contributed by atoms with van der Waals surface area (Å²) in [5.74, 6) is -0.380. The lowest BCUT2D eigenvalue weighted by atomic mass is 10.1. The van der Waals surface area contributed by atoms with Crippen LogP contribution in [0.25, 0.3) is 0 Å². The largest absolute Gasteiger partial charge is 0.389 e. The number of ketones is 1. The second kappa shape index (κ2) is 5.43. The van der Waals surface area contributed by atoms with Gasteiger partial charge in [-0.25, -0.2) is 0 Å². The van der Waals surface area contributed by atoms with E-state index in [9.17, 15) is 14.9 Å². The van der Waals surface area contributed by atoms with Gasteiger partial charge in [0, 0.05) is 5.56 Å². The summed E-state index contributed by atoms with van der Waals surface area (Å²) in [5.41, 5.74) is 1.74. The molecule has 2 rings (SSSR count). The number of hydrogen-bond donors (Lipinski definition) is 0. The maximum absolute atomic E-state index is 12.0. The molecule has 0 atom stereocenters. The van der Waals surface area contributed by atoms with Crippen molar-refractivity contribution in [1.29, 1.82) is 0 Å². The Kier molecular flexibility index (Phi) is 3.70. The topological polar surface area (TPSA) is 78.0 Å². The number of nitro groups is 1. The van der Waals surface area contributed by atoms with E-state index < -0.39 is 4.92 Å². The Bertz CT molecular complexity index is 602. The third kappa shape index (κ3) is 3.04. The van der Waals surface area contributed by atoms with Crippen LogP contribution in [0.4, 0.5) is 5.82 Å². The summed E-state index contributed by atoms with van der Waals surface area (Å²) in [4.78, 5) is 21.9.